The number of amides is 2. The quantitative estimate of drug-likeness (QED) is 0.429. The lowest BCUT2D eigenvalue weighted by Crippen LogP contribution is -2.46. The van der Waals surface area contributed by atoms with Crippen LogP contribution in [-0.2, 0) is 19.1 Å². The largest absolute Gasteiger partial charge is 0.465 e. The van der Waals surface area contributed by atoms with Crippen LogP contribution in [0.2, 0.25) is 0 Å². The van der Waals surface area contributed by atoms with Gasteiger partial charge < -0.3 is 25.8 Å². The number of fused-ring (bicyclic) bond motifs is 1. The van der Waals surface area contributed by atoms with Crippen LogP contribution in [0, 0.1) is 11.2 Å². The van der Waals surface area contributed by atoms with Crippen LogP contribution < -0.4 is 16.4 Å². The van der Waals surface area contributed by atoms with Crippen LogP contribution in [0.1, 0.15) is 53.5 Å². The zero-order valence-electron chi connectivity index (χ0n) is 19.8. The number of anilines is 1. The van der Waals surface area contributed by atoms with Gasteiger partial charge in [-0.05, 0) is 53.7 Å². The summed E-state index contributed by atoms with van der Waals surface area (Å²) in [6.07, 6.45) is 1.17. The third kappa shape index (κ3) is 7.96. The molecule has 1 aromatic rings. The van der Waals surface area contributed by atoms with Gasteiger partial charge in [0.1, 0.15) is 17.5 Å². The Morgan fingerprint density at radius 2 is 1.94 bits per heavy atom. The van der Waals surface area contributed by atoms with Gasteiger partial charge >= 0.3 is 12.1 Å². The number of ether oxygens (including phenoxy) is 2. The number of alkyl carbamates (subject to hydrolysis) is 1. The van der Waals surface area contributed by atoms with E-state index in [4.69, 9.17) is 15.2 Å². The molecule has 0 radical (unpaired) electrons. The van der Waals surface area contributed by atoms with Gasteiger partial charge in [0.05, 0.1) is 17.7 Å². The Bertz CT molecular complexity index is 951. The van der Waals surface area contributed by atoms with Gasteiger partial charge in [0.25, 0.3) is 0 Å². The minimum absolute atomic E-state index is 0.119. The molecule has 0 aliphatic carbocycles. The Kier molecular flexibility index (Phi) is 8.40. The first kappa shape index (κ1) is 26.5. The summed E-state index contributed by atoms with van der Waals surface area (Å²) in [5, 5.41) is 5.25. The van der Waals surface area contributed by atoms with Crippen molar-refractivity contribution in [3.05, 3.63) is 29.6 Å². The van der Waals surface area contributed by atoms with Crippen molar-refractivity contribution in [2.24, 2.45) is 11.1 Å². The van der Waals surface area contributed by atoms with E-state index in [-0.39, 0.29) is 29.6 Å². The first-order valence-corrected chi connectivity index (χ1v) is 11.6. The van der Waals surface area contributed by atoms with Crippen molar-refractivity contribution in [2.75, 3.05) is 17.7 Å². The van der Waals surface area contributed by atoms with E-state index >= 15 is 0 Å². The Hall–Kier alpha value is -2.75. The summed E-state index contributed by atoms with van der Waals surface area (Å²) >= 11 is 1.23. The van der Waals surface area contributed by atoms with Crippen LogP contribution in [0.4, 0.5) is 14.9 Å². The van der Waals surface area contributed by atoms with Crippen molar-refractivity contribution >= 4 is 41.1 Å². The van der Waals surface area contributed by atoms with Crippen LogP contribution in [0.3, 0.4) is 0 Å². The van der Waals surface area contributed by atoms with Gasteiger partial charge in [-0.25, -0.2) is 9.18 Å². The maximum atomic E-state index is 14.7. The summed E-state index contributed by atoms with van der Waals surface area (Å²) in [4.78, 5) is 37.0. The van der Waals surface area contributed by atoms with Crippen LogP contribution in [-0.4, -0.2) is 42.0 Å². The normalized spacial score (nSPS) is 16.9. The maximum absolute atomic E-state index is 14.7. The van der Waals surface area contributed by atoms with Crippen molar-refractivity contribution in [1.29, 1.82) is 0 Å². The number of benzene rings is 1. The topological polar surface area (TPSA) is 120 Å². The standard InChI is InChI=1S/C23H32FN3O5S/c1-22(2,3)20(29)31-9-7-8-15(25)13-10-16-18(11-14(13)24)33-12-17(19(28)26-16)27-21(30)32-23(4,5)6/h8,10-11,17H,7,9,12,25H2,1-6H3,(H,26,28)(H,27,30)/b15-8+/t17-/m0/s1. The van der Waals surface area contributed by atoms with Gasteiger partial charge in [-0.15, -0.1) is 11.8 Å². The number of esters is 1. The average Bonchev–Trinajstić information content (AvgIpc) is 2.80. The number of hydrogen-bond acceptors (Lipinski definition) is 7. The molecule has 8 nitrogen and oxygen atoms in total. The fraction of sp³-hybridized carbons (Fsp3) is 0.522. The molecule has 1 aliphatic rings. The predicted octanol–water partition coefficient (Wildman–Crippen LogP) is 4.04. The van der Waals surface area contributed by atoms with E-state index in [2.05, 4.69) is 10.6 Å². The van der Waals surface area contributed by atoms with E-state index in [0.717, 1.165) is 0 Å². The van der Waals surface area contributed by atoms with Crippen molar-refractivity contribution < 1.29 is 28.2 Å². The molecule has 4 N–H and O–H groups in total. The zero-order valence-corrected chi connectivity index (χ0v) is 20.7. The van der Waals surface area contributed by atoms with Crippen LogP contribution in [0.25, 0.3) is 5.70 Å². The van der Waals surface area contributed by atoms with Gasteiger partial charge in [-0.1, -0.05) is 6.08 Å². The lowest BCUT2D eigenvalue weighted by atomic mass is 9.97. The summed E-state index contributed by atoms with van der Waals surface area (Å²) in [6.45, 7) is 10.6. The lowest BCUT2D eigenvalue weighted by molar-refractivity contribution is -0.152. The van der Waals surface area contributed by atoms with E-state index in [9.17, 15) is 18.8 Å². The summed E-state index contributed by atoms with van der Waals surface area (Å²) < 4.78 is 25.1. The molecule has 10 heteroatoms. The second kappa shape index (κ2) is 10.5. The van der Waals surface area contributed by atoms with Crippen LogP contribution in [0.5, 0.6) is 0 Å². The first-order chi connectivity index (χ1) is 15.2. The summed E-state index contributed by atoms with van der Waals surface area (Å²) in [5.74, 6) is -1.11. The maximum Gasteiger partial charge on any atom is 0.408 e. The zero-order chi connectivity index (χ0) is 25.0. The molecule has 0 saturated carbocycles. The molecule has 182 valence electrons. The fourth-order valence-corrected chi connectivity index (χ4v) is 3.74. The molecule has 0 bridgehead atoms. The second-order valence-electron chi connectivity index (χ2n) is 9.66. The molecule has 0 fully saturated rings. The molecule has 2 amide bonds. The number of hydrogen-bond donors (Lipinski definition) is 3. The number of nitrogens with two attached hydrogens (primary N) is 1. The van der Waals surface area contributed by atoms with E-state index in [1.807, 2.05) is 0 Å². The van der Waals surface area contributed by atoms with Crippen molar-refractivity contribution in [3.8, 4) is 0 Å². The summed E-state index contributed by atoms with van der Waals surface area (Å²) in [7, 11) is 0. The monoisotopic (exact) mass is 481 g/mol. The van der Waals surface area contributed by atoms with E-state index in [1.165, 1.54) is 23.9 Å². The number of carbonyl (C=O) groups is 3. The minimum atomic E-state index is -0.853. The highest BCUT2D eigenvalue weighted by Crippen LogP contribution is 2.34. The molecule has 2 rings (SSSR count). The van der Waals surface area contributed by atoms with Gasteiger partial charge in [-0.3, -0.25) is 9.59 Å². The number of halogens is 1. The SMILES string of the molecule is CC(C)(C)OC(=O)N[C@H]1CSc2cc(F)c(/C(N)=C\CCOC(=O)C(C)(C)C)cc2NC1=O. The number of thioether (sulfide) groups is 1. The van der Waals surface area contributed by atoms with E-state index in [1.54, 1.807) is 47.6 Å². The molecule has 0 aromatic heterocycles. The number of carbonyl (C=O) groups excluding carboxylic acids is 3. The molecule has 1 atom stereocenters. The second-order valence-corrected chi connectivity index (χ2v) is 10.7. The molecule has 1 heterocycles. The Morgan fingerprint density at radius 1 is 1.27 bits per heavy atom. The fourth-order valence-electron chi connectivity index (χ4n) is 2.71. The Morgan fingerprint density at radius 3 is 2.55 bits per heavy atom. The number of rotatable bonds is 5. The molecule has 33 heavy (non-hydrogen) atoms. The third-order valence-electron chi connectivity index (χ3n) is 4.38. The first-order valence-electron chi connectivity index (χ1n) is 10.6. The van der Waals surface area contributed by atoms with Crippen LogP contribution in [0.15, 0.2) is 23.1 Å². The molecular formula is C23H32FN3O5S. The van der Waals surface area contributed by atoms with Crippen molar-refractivity contribution in [2.45, 2.75) is 64.5 Å². The smallest absolute Gasteiger partial charge is 0.408 e. The van der Waals surface area contributed by atoms with Gasteiger partial charge in [-0.2, -0.15) is 0 Å². The van der Waals surface area contributed by atoms with E-state index < -0.39 is 34.9 Å². The van der Waals surface area contributed by atoms with Crippen LogP contribution >= 0.6 is 11.8 Å². The van der Waals surface area contributed by atoms with Gasteiger partial charge in [0.2, 0.25) is 5.91 Å². The predicted molar refractivity (Wildman–Crippen MR) is 126 cm³/mol. The Labute approximate surface area is 197 Å². The summed E-state index contributed by atoms with van der Waals surface area (Å²) in [6, 6.07) is 1.90. The Balaban J connectivity index is 2.08. The van der Waals surface area contributed by atoms with Crippen molar-refractivity contribution in [3.63, 3.8) is 0 Å². The molecule has 0 saturated heterocycles. The molecule has 1 aliphatic heterocycles. The molecule has 1 aromatic carbocycles. The summed E-state index contributed by atoms with van der Waals surface area (Å²) in [5.41, 5.74) is 5.41. The molecular weight excluding hydrogens is 449 g/mol. The van der Waals surface area contributed by atoms with Crippen molar-refractivity contribution in [1.82, 2.24) is 5.32 Å². The molecule has 0 unspecified atom stereocenters. The minimum Gasteiger partial charge on any atom is -0.465 e. The molecule has 0 spiro atoms. The highest BCUT2D eigenvalue weighted by Gasteiger charge is 2.29. The van der Waals surface area contributed by atoms with Gasteiger partial charge in [0, 0.05) is 28.3 Å². The lowest BCUT2D eigenvalue weighted by Gasteiger charge is -2.22. The highest BCUT2D eigenvalue weighted by molar-refractivity contribution is 7.99. The van der Waals surface area contributed by atoms with Gasteiger partial charge in [0.15, 0.2) is 0 Å². The van der Waals surface area contributed by atoms with E-state index in [0.29, 0.717) is 17.0 Å². The third-order valence-corrected chi connectivity index (χ3v) is 5.53. The number of nitrogens with one attached hydrogen (secondary N) is 2. The average molecular weight is 482 g/mol. The highest BCUT2D eigenvalue weighted by atomic mass is 32.2.